The summed E-state index contributed by atoms with van der Waals surface area (Å²) in [5, 5.41) is 20.8. The molecule has 0 aliphatic heterocycles. The number of nitro groups is 1. The fourth-order valence-electron chi connectivity index (χ4n) is 3.14. The standard InChI is InChI=1S/C20H16F3N7O4/c1-34-14-4-2-12(3-5-14)15-8-17(20(21,22)23)29-18(26-15)9-16(27-29)19(31)24-6-7-28-11-13(10-25-28)30(32)33/h2-5,8-11H,6-7H2,1H3,(H,24,31). The molecule has 34 heavy (non-hydrogen) atoms. The van der Waals surface area contributed by atoms with E-state index >= 15 is 0 Å². The Hall–Kier alpha value is -4.49. The smallest absolute Gasteiger partial charge is 0.433 e. The number of carbonyl (C=O) groups is 1. The van der Waals surface area contributed by atoms with Crippen molar-refractivity contribution in [2.45, 2.75) is 12.7 Å². The average molecular weight is 475 g/mol. The number of methoxy groups -OCH3 is 1. The average Bonchev–Trinajstić information content (AvgIpc) is 3.45. The molecule has 4 aromatic rings. The van der Waals surface area contributed by atoms with E-state index in [4.69, 9.17) is 4.74 Å². The van der Waals surface area contributed by atoms with Crippen molar-refractivity contribution in [2.24, 2.45) is 0 Å². The molecule has 11 nitrogen and oxygen atoms in total. The van der Waals surface area contributed by atoms with Crippen LogP contribution in [0.5, 0.6) is 5.75 Å². The lowest BCUT2D eigenvalue weighted by molar-refractivity contribution is -0.385. The van der Waals surface area contributed by atoms with Crippen molar-refractivity contribution in [2.75, 3.05) is 13.7 Å². The minimum absolute atomic E-state index is 0.0161. The number of aromatic nitrogens is 5. The predicted molar refractivity (Wildman–Crippen MR) is 111 cm³/mol. The molecule has 0 aliphatic rings. The van der Waals surface area contributed by atoms with E-state index in [-0.39, 0.29) is 35.8 Å². The summed E-state index contributed by atoms with van der Waals surface area (Å²) in [4.78, 5) is 26.8. The van der Waals surface area contributed by atoms with Crippen molar-refractivity contribution in [1.29, 1.82) is 0 Å². The number of benzene rings is 1. The summed E-state index contributed by atoms with van der Waals surface area (Å²) < 4.78 is 48.1. The summed E-state index contributed by atoms with van der Waals surface area (Å²) in [6.45, 7) is 0.128. The molecule has 3 aromatic heterocycles. The van der Waals surface area contributed by atoms with Crippen LogP contribution in [0.2, 0.25) is 0 Å². The monoisotopic (exact) mass is 475 g/mol. The largest absolute Gasteiger partial charge is 0.497 e. The van der Waals surface area contributed by atoms with Crippen molar-refractivity contribution in [1.82, 2.24) is 29.7 Å². The lowest BCUT2D eigenvalue weighted by Gasteiger charge is -2.11. The van der Waals surface area contributed by atoms with Crippen LogP contribution in [0.4, 0.5) is 18.9 Å². The second kappa shape index (κ2) is 8.80. The highest BCUT2D eigenvalue weighted by Gasteiger charge is 2.35. The topological polar surface area (TPSA) is 129 Å². The molecule has 0 unspecified atom stereocenters. The van der Waals surface area contributed by atoms with Gasteiger partial charge >= 0.3 is 11.9 Å². The predicted octanol–water partition coefficient (Wildman–Crippen LogP) is 2.96. The van der Waals surface area contributed by atoms with Crippen LogP contribution in [0.15, 0.2) is 48.8 Å². The van der Waals surface area contributed by atoms with Crippen LogP contribution < -0.4 is 10.1 Å². The van der Waals surface area contributed by atoms with Gasteiger partial charge in [-0.05, 0) is 30.3 Å². The summed E-state index contributed by atoms with van der Waals surface area (Å²) in [6, 6.07) is 8.34. The van der Waals surface area contributed by atoms with Crippen LogP contribution in [0.1, 0.15) is 16.2 Å². The van der Waals surface area contributed by atoms with Gasteiger partial charge in [0.05, 0.1) is 24.3 Å². The van der Waals surface area contributed by atoms with Crippen LogP contribution in [0.25, 0.3) is 16.9 Å². The Labute approximate surface area is 188 Å². The van der Waals surface area contributed by atoms with E-state index in [0.29, 0.717) is 15.8 Å². The fourth-order valence-corrected chi connectivity index (χ4v) is 3.14. The highest BCUT2D eigenvalue weighted by atomic mass is 19.4. The first kappa shape index (κ1) is 22.7. The Morgan fingerprint density at radius 2 is 1.97 bits per heavy atom. The van der Waals surface area contributed by atoms with Gasteiger partial charge in [0.25, 0.3) is 5.91 Å². The molecule has 0 bridgehead atoms. The van der Waals surface area contributed by atoms with Crippen molar-refractivity contribution in [3.05, 3.63) is 70.3 Å². The maximum absolute atomic E-state index is 13.7. The molecule has 0 spiro atoms. The Morgan fingerprint density at radius 1 is 1.24 bits per heavy atom. The van der Waals surface area contributed by atoms with Crippen LogP contribution >= 0.6 is 0 Å². The van der Waals surface area contributed by atoms with Crippen molar-refractivity contribution in [3.8, 4) is 17.0 Å². The maximum atomic E-state index is 13.7. The quantitative estimate of drug-likeness (QED) is 0.321. The molecular formula is C20H16F3N7O4. The van der Waals surface area contributed by atoms with Gasteiger partial charge in [0.2, 0.25) is 0 Å². The first-order valence-corrected chi connectivity index (χ1v) is 9.73. The van der Waals surface area contributed by atoms with Crippen LogP contribution in [0, 0.1) is 10.1 Å². The van der Waals surface area contributed by atoms with E-state index in [1.54, 1.807) is 24.3 Å². The number of fused-ring (bicyclic) bond motifs is 1. The van der Waals surface area contributed by atoms with Gasteiger partial charge in [0.1, 0.15) is 18.1 Å². The normalized spacial score (nSPS) is 11.5. The molecule has 14 heteroatoms. The number of amides is 1. The minimum atomic E-state index is -4.75. The molecular weight excluding hydrogens is 459 g/mol. The van der Waals surface area contributed by atoms with Gasteiger partial charge in [-0.25, -0.2) is 9.50 Å². The molecule has 0 radical (unpaired) electrons. The highest BCUT2D eigenvalue weighted by molar-refractivity contribution is 5.93. The van der Waals surface area contributed by atoms with Crippen molar-refractivity contribution < 1.29 is 27.6 Å². The zero-order valence-corrected chi connectivity index (χ0v) is 17.5. The van der Waals surface area contributed by atoms with Gasteiger partial charge < -0.3 is 10.1 Å². The lowest BCUT2D eigenvalue weighted by atomic mass is 10.1. The van der Waals surface area contributed by atoms with Gasteiger partial charge in [0.15, 0.2) is 17.0 Å². The van der Waals surface area contributed by atoms with E-state index in [9.17, 15) is 28.1 Å². The van der Waals surface area contributed by atoms with Crippen LogP contribution in [-0.2, 0) is 12.7 Å². The number of halogens is 3. The summed E-state index contributed by atoms with van der Waals surface area (Å²) in [5.41, 5.74) is -1.25. The molecule has 1 amide bonds. The molecule has 1 aromatic carbocycles. The van der Waals surface area contributed by atoms with Crippen molar-refractivity contribution in [3.63, 3.8) is 0 Å². The number of carbonyl (C=O) groups excluding carboxylic acids is 1. The Morgan fingerprint density at radius 3 is 2.59 bits per heavy atom. The summed E-state index contributed by atoms with van der Waals surface area (Å²) >= 11 is 0. The van der Waals surface area contributed by atoms with Crippen molar-refractivity contribution >= 4 is 17.2 Å². The SMILES string of the molecule is COc1ccc(-c2cc(C(F)(F)F)n3nc(C(=O)NCCn4cc([N+](=O)[O-])cn4)cc3n2)cc1. The number of alkyl halides is 3. The molecule has 0 atom stereocenters. The fraction of sp³-hybridized carbons (Fsp3) is 0.200. The number of nitrogens with zero attached hydrogens (tertiary/aromatic N) is 6. The van der Waals surface area contributed by atoms with Gasteiger partial charge in [-0.2, -0.15) is 23.4 Å². The van der Waals surface area contributed by atoms with Crippen LogP contribution in [-0.4, -0.2) is 48.9 Å². The second-order valence-electron chi connectivity index (χ2n) is 7.03. The molecule has 3 heterocycles. The molecule has 4 rings (SSSR count). The second-order valence-corrected chi connectivity index (χ2v) is 7.03. The molecule has 1 N–H and O–H groups in total. The number of ether oxygens (including phenoxy) is 1. The zero-order chi connectivity index (χ0) is 24.5. The summed E-state index contributed by atoms with van der Waals surface area (Å²) in [6.07, 6.45) is -2.50. The lowest BCUT2D eigenvalue weighted by Crippen LogP contribution is -2.27. The third-order valence-corrected chi connectivity index (χ3v) is 4.79. The maximum Gasteiger partial charge on any atom is 0.433 e. The Bertz CT molecular complexity index is 1360. The van der Waals surface area contributed by atoms with Crippen LogP contribution in [0.3, 0.4) is 0 Å². The van der Waals surface area contributed by atoms with E-state index < -0.39 is 22.7 Å². The van der Waals surface area contributed by atoms with E-state index in [0.717, 1.165) is 18.3 Å². The van der Waals surface area contributed by atoms with E-state index in [1.165, 1.54) is 18.0 Å². The Kier molecular flexibility index (Phi) is 5.88. The molecule has 0 fully saturated rings. The highest BCUT2D eigenvalue weighted by Crippen LogP contribution is 2.32. The first-order chi connectivity index (χ1) is 16.2. The Balaban J connectivity index is 1.58. The molecule has 0 saturated carbocycles. The molecule has 0 aliphatic carbocycles. The number of nitrogens with one attached hydrogen (secondary N) is 1. The number of hydrogen-bond donors (Lipinski definition) is 1. The summed E-state index contributed by atoms with van der Waals surface area (Å²) in [5.74, 6) is -0.194. The van der Waals surface area contributed by atoms with E-state index in [2.05, 4.69) is 20.5 Å². The minimum Gasteiger partial charge on any atom is -0.497 e. The van der Waals surface area contributed by atoms with Gasteiger partial charge in [-0.1, -0.05) is 0 Å². The number of rotatable bonds is 7. The van der Waals surface area contributed by atoms with E-state index in [1.807, 2.05) is 0 Å². The third kappa shape index (κ3) is 4.65. The van der Waals surface area contributed by atoms with Gasteiger partial charge in [-0.15, -0.1) is 0 Å². The zero-order valence-electron chi connectivity index (χ0n) is 17.5. The number of hydrogen-bond acceptors (Lipinski definition) is 7. The summed E-state index contributed by atoms with van der Waals surface area (Å²) in [7, 11) is 1.47. The first-order valence-electron chi connectivity index (χ1n) is 9.73. The van der Waals surface area contributed by atoms with Gasteiger partial charge in [0, 0.05) is 18.2 Å². The van der Waals surface area contributed by atoms with Gasteiger partial charge in [-0.3, -0.25) is 19.6 Å². The molecule has 176 valence electrons. The molecule has 0 saturated heterocycles. The third-order valence-electron chi connectivity index (χ3n) is 4.79.